The molecule has 0 N–H and O–H groups in total. The zero-order valence-corrected chi connectivity index (χ0v) is 14.6. The predicted octanol–water partition coefficient (Wildman–Crippen LogP) is 2.67. The Bertz CT molecular complexity index is 658. The van der Waals surface area contributed by atoms with Crippen LogP contribution in [0.4, 0.5) is 0 Å². The Morgan fingerprint density at radius 3 is 2.96 bits per heavy atom. The van der Waals surface area contributed by atoms with Gasteiger partial charge in [0.2, 0.25) is 0 Å². The van der Waals surface area contributed by atoms with Crippen LogP contribution in [-0.2, 0) is 31.4 Å². The molecule has 5 heteroatoms. The van der Waals surface area contributed by atoms with Crippen molar-refractivity contribution in [2.75, 3.05) is 19.8 Å². The van der Waals surface area contributed by atoms with Gasteiger partial charge in [-0.1, -0.05) is 0 Å². The molecule has 0 unspecified atom stereocenters. The SMILES string of the molecule is Cn1cc(CN2Cc3cccn3C[C@H](CCOCC3CC3)C2)cn1. The molecule has 1 fully saturated rings. The summed E-state index contributed by atoms with van der Waals surface area (Å²) in [5.74, 6) is 1.51. The van der Waals surface area contributed by atoms with Gasteiger partial charge in [0.1, 0.15) is 0 Å². The van der Waals surface area contributed by atoms with Gasteiger partial charge in [0, 0.05) is 70.1 Å². The van der Waals surface area contributed by atoms with Crippen molar-refractivity contribution in [3.05, 3.63) is 42.0 Å². The lowest BCUT2D eigenvalue weighted by atomic mass is 10.1. The van der Waals surface area contributed by atoms with Gasteiger partial charge in [-0.05, 0) is 43.2 Å². The number of hydrogen-bond acceptors (Lipinski definition) is 3. The highest BCUT2D eigenvalue weighted by atomic mass is 16.5. The lowest BCUT2D eigenvalue weighted by molar-refractivity contribution is 0.101. The van der Waals surface area contributed by atoms with Crippen LogP contribution in [0.5, 0.6) is 0 Å². The van der Waals surface area contributed by atoms with E-state index in [1.165, 1.54) is 24.1 Å². The van der Waals surface area contributed by atoms with Crippen molar-refractivity contribution in [2.45, 2.75) is 38.9 Å². The van der Waals surface area contributed by atoms with E-state index in [1.807, 2.05) is 17.9 Å². The average molecular weight is 328 g/mol. The average Bonchev–Trinajstić information content (AvgIpc) is 3.20. The van der Waals surface area contributed by atoms with Gasteiger partial charge in [0.15, 0.2) is 0 Å². The molecule has 1 aliphatic carbocycles. The molecule has 1 atom stereocenters. The molecule has 0 radical (unpaired) electrons. The third-order valence-electron chi connectivity index (χ3n) is 5.17. The lowest BCUT2D eigenvalue weighted by Gasteiger charge is -2.23. The zero-order valence-electron chi connectivity index (χ0n) is 14.6. The highest BCUT2D eigenvalue weighted by Crippen LogP contribution is 2.29. The van der Waals surface area contributed by atoms with Crippen LogP contribution in [0.1, 0.15) is 30.5 Å². The van der Waals surface area contributed by atoms with Crippen LogP contribution in [-0.4, -0.2) is 39.0 Å². The van der Waals surface area contributed by atoms with E-state index in [4.69, 9.17) is 4.74 Å². The largest absolute Gasteiger partial charge is 0.381 e. The standard InChI is InChI=1S/C19H28N4O/c1-21-10-18(9-20-21)12-22-11-17(6-8-24-15-16-4-5-16)13-23-7-2-3-19(23)14-22/h2-3,7,9-10,16-17H,4-6,8,11-15H2,1H3/t17-/m1/s1. The molecule has 130 valence electrons. The molecule has 5 nitrogen and oxygen atoms in total. The zero-order chi connectivity index (χ0) is 16.4. The molecular formula is C19H28N4O. The maximum atomic E-state index is 5.89. The quantitative estimate of drug-likeness (QED) is 0.733. The molecule has 0 bridgehead atoms. The van der Waals surface area contributed by atoms with Crippen molar-refractivity contribution >= 4 is 0 Å². The summed E-state index contributed by atoms with van der Waals surface area (Å²) in [5, 5.41) is 4.31. The second-order valence-electron chi connectivity index (χ2n) is 7.52. The fourth-order valence-electron chi connectivity index (χ4n) is 3.67. The van der Waals surface area contributed by atoms with Crippen molar-refractivity contribution in [1.82, 2.24) is 19.2 Å². The molecule has 1 aliphatic heterocycles. The highest BCUT2D eigenvalue weighted by Gasteiger charge is 2.23. The van der Waals surface area contributed by atoms with Gasteiger partial charge >= 0.3 is 0 Å². The first kappa shape index (κ1) is 15.9. The Hall–Kier alpha value is -1.59. The molecule has 0 spiro atoms. The van der Waals surface area contributed by atoms with Gasteiger partial charge in [-0.2, -0.15) is 5.10 Å². The Morgan fingerprint density at radius 2 is 2.17 bits per heavy atom. The summed E-state index contributed by atoms with van der Waals surface area (Å²) in [4.78, 5) is 2.56. The second-order valence-corrected chi connectivity index (χ2v) is 7.52. The number of nitrogens with zero attached hydrogens (tertiary/aromatic N) is 4. The van der Waals surface area contributed by atoms with Crippen molar-refractivity contribution in [2.24, 2.45) is 18.9 Å². The third kappa shape index (κ3) is 4.08. The van der Waals surface area contributed by atoms with Gasteiger partial charge in [-0.3, -0.25) is 9.58 Å². The minimum absolute atomic E-state index is 0.648. The smallest absolute Gasteiger partial charge is 0.0534 e. The number of aromatic nitrogens is 3. The number of aryl methyl sites for hydroxylation is 1. The topological polar surface area (TPSA) is 35.2 Å². The van der Waals surface area contributed by atoms with Crippen molar-refractivity contribution in [3.63, 3.8) is 0 Å². The number of rotatable bonds is 7. The molecule has 24 heavy (non-hydrogen) atoms. The van der Waals surface area contributed by atoms with E-state index in [-0.39, 0.29) is 0 Å². The number of ether oxygens (including phenoxy) is 1. The fraction of sp³-hybridized carbons (Fsp3) is 0.632. The molecule has 3 heterocycles. The van der Waals surface area contributed by atoms with Crippen molar-refractivity contribution in [1.29, 1.82) is 0 Å². The number of fused-ring (bicyclic) bond motifs is 1. The lowest BCUT2D eigenvalue weighted by Crippen LogP contribution is -2.28. The van der Waals surface area contributed by atoms with Crippen LogP contribution >= 0.6 is 0 Å². The summed E-state index contributed by atoms with van der Waals surface area (Å²) in [5.41, 5.74) is 2.71. The predicted molar refractivity (Wildman–Crippen MR) is 93.4 cm³/mol. The molecule has 2 aliphatic rings. The monoisotopic (exact) mass is 328 g/mol. The first-order valence-corrected chi connectivity index (χ1v) is 9.18. The van der Waals surface area contributed by atoms with E-state index in [0.29, 0.717) is 5.92 Å². The van der Waals surface area contributed by atoms with Gasteiger partial charge in [-0.15, -0.1) is 0 Å². The Morgan fingerprint density at radius 1 is 1.25 bits per heavy atom. The van der Waals surface area contributed by atoms with Crippen LogP contribution in [0.3, 0.4) is 0 Å². The van der Waals surface area contributed by atoms with Crippen molar-refractivity contribution < 1.29 is 4.74 Å². The third-order valence-corrected chi connectivity index (χ3v) is 5.17. The molecule has 1 saturated carbocycles. The summed E-state index contributed by atoms with van der Waals surface area (Å²) in [7, 11) is 1.98. The summed E-state index contributed by atoms with van der Waals surface area (Å²) >= 11 is 0. The van der Waals surface area contributed by atoms with E-state index in [1.54, 1.807) is 0 Å². The Labute approximate surface area is 144 Å². The minimum Gasteiger partial charge on any atom is -0.381 e. The van der Waals surface area contributed by atoms with Crippen LogP contribution in [0.25, 0.3) is 0 Å². The molecule has 2 aromatic rings. The van der Waals surface area contributed by atoms with Crippen LogP contribution < -0.4 is 0 Å². The number of hydrogen-bond donors (Lipinski definition) is 0. The normalized spacial score (nSPS) is 21.6. The summed E-state index contributed by atoms with van der Waals surface area (Å²) < 4.78 is 10.2. The maximum Gasteiger partial charge on any atom is 0.0534 e. The molecule has 0 saturated heterocycles. The second kappa shape index (κ2) is 7.11. The first-order chi connectivity index (χ1) is 11.8. The highest BCUT2D eigenvalue weighted by molar-refractivity contribution is 5.10. The van der Waals surface area contributed by atoms with Gasteiger partial charge < -0.3 is 9.30 Å². The Kier molecular flexibility index (Phi) is 4.72. The van der Waals surface area contributed by atoms with E-state index in [9.17, 15) is 0 Å². The van der Waals surface area contributed by atoms with Crippen LogP contribution in [0, 0.1) is 11.8 Å². The van der Waals surface area contributed by atoms with Gasteiger partial charge in [0.05, 0.1) is 6.20 Å². The van der Waals surface area contributed by atoms with E-state index in [2.05, 4.69) is 39.1 Å². The molecule has 0 amide bonds. The molecule has 0 aromatic carbocycles. The summed E-state index contributed by atoms with van der Waals surface area (Å²) in [6.07, 6.45) is 10.2. The minimum atomic E-state index is 0.648. The van der Waals surface area contributed by atoms with Crippen molar-refractivity contribution in [3.8, 4) is 0 Å². The maximum absolute atomic E-state index is 5.89. The van der Waals surface area contributed by atoms with E-state index in [0.717, 1.165) is 51.7 Å². The van der Waals surface area contributed by atoms with Gasteiger partial charge in [0.25, 0.3) is 0 Å². The first-order valence-electron chi connectivity index (χ1n) is 9.18. The summed E-state index contributed by atoms with van der Waals surface area (Å²) in [6.45, 7) is 6.10. The van der Waals surface area contributed by atoms with E-state index >= 15 is 0 Å². The molecular weight excluding hydrogens is 300 g/mol. The summed E-state index contributed by atoms with van der Waals surface area (Å²) in [6, 6.07) is 4.42. The van der Waals surface area contributed by atoms with E-state index < -0.39 is 0 Å². The van der Waals surface area contributed by atoms with Crippen LogP contribution in [0.2, 0.25) is 0 Å². The Balaban J connectivity index is 1.37. The molecule has 2 aromatic heterocycles. The van der Waals surface area contributed by atoms with Crippen LogP contribution in [0.15, 0.2) is 30.7 Å². The van der Waals surface area contributed by atoms with Gasteiger partial charge in [-0.25, -0.2) is 0 Å². The fourth-order valence-corrected chi connectivity index (χ4v) is 3.67. The molecule has 4 rings (SSSR count).